The predicted molar refractivity (Wildman–Crippen MR) is 62.8 cm³/mol. The molecule has 0 fully saturated rings. The molecule has 0 saturated carbocycles. The number of likely N-dealkylation sites (N-methyl/N-ethyl adjacent to an activating group) is 1. The minimum atomic E-state index is -0.293. The van der Waals surface area contributed by atoms with E-state index in [2.05, 4.69) is 6.92 Å². The molecule has 3 nitrogen and oxygen atoms in total. The van der Waals surface area contributed by atoms with Crippen molar-refractivity contribution in [3.8, 4) is 0 Å². The molecule has 0 aliphatic carbocycles. The number of amides is 1. The molecule has 0 radical (unpaired) electrons. The molecule has 0 heterocycles. The topological polar surface area (TPSA) is 29.5 Å². The molecule has 0 saturated heterocycles. The molecule has 3 heteroatoms. The lowest BCUT2D eigenvalue weighted by molar-refractivity contribution is -0.138. The zero-order valence-electron chi connectivity index (χ0n) is 10.8. The molecular weight excluding hydrogens is 190 g/mol. The molecule has 0 bridgehead atoms. The standard InChI is InChI=1S/C12H25NO2/c1-6-7-9-15-10-8-13(5)11(14)12(2,3)4/h6-10H2,1-5H3. The van der Waals surface area contributed by atoms with E-state index in [4.69, 9.17) is 4.74 Å². The van der Waals surface area contributed by atoms with Gasteiger partial charge in [-0.3, -0.25) is 4.79 Å². The Morgan fingerprint density at radius 3 is 2.33 bits per heavy atom. The van der Waals surface area contributed by atoms with Gasteiger partial charge in [0.2, 0.25) is 5.91 Å². The minimum absolute atomic E-state index is 0.168. The van der Waals surface area contributed by atoms with Crippen molar-refractivity contribution in [2.24, 2.45) is 5.41 Å². The van der Waals surface area contributed by atoms with E-state index >= 15 is 0 Å². The summed E-state index contributed by atoms with van der Waals surface area (Å²) in [6.45, 7) is 10.1. The molecule has 0 aliphatic rings. The van der Waals surface area contributed by atoms with Gasteiger partial charge in [-0.15, -0.1) is 0 Å². The van der Waals surface area contributed by atoms with E-state index in [9.17, 15) is 4.79 Å². The van der Waals surface area contributed by atoms with Crippen LogP contribution >= 0.6 is 0 Å². The van der Waals surface area contributed by atoms with Gasteiger partial charge in [-0.05, 0) is 6.42 Å². The smallest absolute Gasteiger partial charge is 0.227 e. The number of nitrogens with zero attached hydrogens (tertiary/aromatic N) is 1. The van der Waals surface area contributed by atoms with E-state index in [1.54, 1.807) is 4.90 Å². The summed E-state index contributed by atoms with van der Waals surface area (Å²) in [6, 6.07) is 0. The fourth-order valence-corrected chi connectivity index (χ4v) is 1.22. The van der Waals surface area contributed by atoms with Crippen molar-refractivity contribution in [2.75, 3.05) is 26.8 Å². The third kappa shape index (κ3) is 6.50. The summed E-state index contributed by atoms with van der Waals surface area (Å²) in [5.74, 6) is 0.168. The van der Waals surface area contributed by atoms with Crippen LogP contribution in [0.1, 0.15) is 40.5 Å². The van der Waals surface area contributed by atoms with E-state index in [1.807, 2.05) is 27.8 Å². The van der Waals surface area contributed by atoms with Crippen LogP contribution in [0.25, 0.3) is 0 Å². The molecule has 1 amide bonds. The Labute approximate surface area is 93.8 Å². The number of carbonyl (C=O) groups excluding carboxylic acids is 1. The second-order valence-corrected chi connectivity index (χ2v) is 4.94. The Balaban J connectivity index is 3.66. The number of rotatable bonds is 6. The van der Waals surface area contributed by atoms with Gasteiger partial charge >= 0.3 is 0 Å². The number of ether oxygens (including phenoxy) is 1. The Kier molecular flexibility index (Phi) is 6.57. The van der Waals surface area contributed by atoms with Gasteiger partial charge in [0.25, 0.3) is 0 Å². The summed E-state index contributed by atoms with van der Waals surface area (Å²) < 4.78 is 5.41. The van der Waals surface area contributed by atoms with Gasteiger partial charge in [-0.2, -0.15) is 0 Å². The van der Waals surface area contributed by atoms with Gasteiger partial charge in [-0.25, -0.2) is 0 Å². The third-order valence-electron chi connectivity index (χ3n) is 2.20. The largest absolute Gasteiger partial charge is 0.380 e. The number of unbranched alkanes of at least 4 members (excludes halogenated alkanes) is 1. The maximum Gasteiger partial charge on any atom is 0.227 e. The zero-order valence-corrected chi connectivity index (χ0v) is 10.8. The summed E-state index contributed by atoms with van der Waals surface area (Å²) in [7, 11) is 1.83. The van der Waals surface area contributed by atoms with Crippen LogP contribution in [-0.4, -0.2) is 37.6 Å². The maximum absolute atomic E-state index is 11.8. The first-order chi connectivity index (χ1) is 6.89. The van der Waals surface area contributed by atoms with E-state index in [0.29, 0.717) is 13.2 Å². The van der Waals surface area contributed by atoms with Crippen LogP contribution in [-0.2, 0) is 9.53 Å². The second-order valence-electron chi connectivity index (χ2n) is 4.94. The molecular formula is C12H25NO2. The fourth-order valence-electron chi connectivity index (χ4n) is 1.22. The van der Waals surface area contributed by atoms with Crippen LogP contribution in [0.4, 0.5) is 0 Å². The summed E-state index contributed by atoms with van der Waals surface area (Å²) in [4.78, 5) is 13.5. The Hall–Kier alpha value is -0.570. The van der Waals surface area contributed by atoms with Crippen molar-refractivity contribution in [3.05, 3.63) is 0 Å². The third-order valence-corrected chi connectivity index (χ3v) is 2.20. The molecule has 0 spiro atoms. The summed E-state index contributed by atoms with van der Waals surface area (Å²) in [6.07, 6.45) is 2.24. The van der Waals surface area contributed by atoms with Gasteiger partial charge in [-0.1, -0.05) is 34.1 Å². The highest BCUT2D eigenvalue weighted by Gasteiger charge is 2.24. The summed E-state index contributed by atoms with van der Waals surface area (Å²) >= 11 is 0. The van der Waals surface area contributed by atoms with Crippen LogP contribution in [0.3, 0.4) is 0 Å². The highest BCUT2D eigenvalue weighted by molar-refractivity contribution is 5.81. The second kappa shape index (κ2) is 6.83. The first kappa shape index (κ1) is 14.4. The first-order valence-corrected chi connectivity index (χ1v) is 5.73. The summed E-state index contributed by atoms with van der Waals surface area (Å²) in [5.41, 5.74) is -0.293. The lowest BCUT2D eigenvalue weighted by Crippen LogP contribution is -2.38. The molecule has 0 aromatic heterocycles. The molecule has 90 valence electrons. The number of hydrogen-bond acceptors (Lipinski definition) is 2. The van der Waals surface area contributed by atoms with Gasteiger partial charge in [0.1, 0.15) is 0 Å². The van der Waals surface area contributed by atoms with Crippen molar-refractivity contribution >= 4 is 5.91 Å². The van der Waals surface area contributed by atoms with E-state index < -0.39 is 0 Å². The van der Waals surface area contributed by atoms with Crippen LogP contribution < -0.4 is 0 Å². The molecule has 0 unspecified atom stereocenters. The number of hydrogen-bond donors (Lipinski definition) is 0. The van der Waals surface area contributed by atoms with Crippen LogP contribution in [0.15, 0.2) is 0 Å². The molecule has 0 rings (SSSR count). The van der Waals surface area contributed by atoms with Crippen molar-refractivity contribution in [3.63, 3.8) is 0 Å². The molecule has 0 aromatic rings. The van der Waals surface area contributed by atoms with Crippen molar-refractivity contribution in [1.29, 1.82) is 0 Å². The average molecular weight is 215 g/mol. The van der Waals surface area contributed by atoms with Crippen LogP contribution in [0, 0.1) is 5.41 Å². The van der Waals surface area contributed by atoms with Crippen molar-refractivity contribution in [2.45, 2.75) is 40.5 Å². The van der Waals surface area contributed by atoms with E-state index in [1.165, 1.54) is 0 Å². The van der Waals surface area contributed by atoms with Gasteiger partial charge < -0.3 is 9.64 Å². The molecule has 15 heavy (non-hydrogen) atoms. The highest BCUT2D eigenvalue weighted by Crippen LogP contribution is 2.15. The molecule has 0 aliphatic heterocycles. The Morgan fingerprint density at radius 2 is 1.87 bits per heavy atom. The number of carbonyl (C=O) groups is 1. The predicted octanol–water partition coefficient (Wildman–Crippen LogP) is 2.31. The average Bonchev–Trinajstić information content (AvgIpc) is 2.14. The maximum atomic E-state index is 11.8. The van der Waals surface area contributed by atoms with Crippen molar-refractivity contribution in [1.82, 2.24) is 4.90 Å². The zero-order chi connectivity index (χ0) is 11.9. The van der Waals surface area contributed by atoms with Gasteiger partial charge in [0.15, 0.2) is 0 Å². The fraction of sp³-hybridized carbons (Fsp3) is 0.917. The Bertz CT molecular complexity index is 185. The minimum Gasteiger partial charge on any atom is -0.380 e. The van der Waals surface area contributed by atoms with Crippen LogP contribution in [0.2, 0.25) is 0 Å². The van der Waals surface area contributed by atoms with Gasteiger partial charge in [0.05, 0.1) is 6.61 Å². The first-order valence-electron chi connectivity index (χ1n) is 5.73. The Morgan fingerprint density at radius 1 is 1.27 bits per heavy atom. The van der Waals surface area contributed by atoms with Crippen molar-refractivity contribution < 1.29 is 9.53 Å². The lowest BCUT2D eigenvalue weighted by Gasteiger charge is -2.25. The van der Waals surface area contributed by atoms with E-state index in [-0.39, 0.29) is 11.3 Å². The monoisotopic (exact) mass is 215 g/mol. The van der Waals surface area contributed by atoms with E-state index in [0.717, 1.165) is 19.4 Å². The SMILES string of the molecule is CCCCOCCN(C)C(=O)C(C)(C)C. The van der Waals surface area contributed by atoms with Gasteiger partial charge in [0, 0.05) is 25.6 Å². The molecule has 0 atom stereocenters. The molecule has 0 aromatic carbocycles. The normalized spacial score (nSPS) is 11.5. The summed E-state index contributed by atoms with van der Waals surface area (Å²) in [5, 5.41) is 0. The van der Waals surface area contributed by atoms with Crippen LogP contribution in [0.5, 0.6) is 0 Å². The quantitative estimate of drug-likeness (QED) is 0.636. The highest BCUT2D eigenvalue weighted by atomic mass is 16.5. The molecule has 0 N–H and O–H groups in total. The lowest BCUT2D eigenvalue weighted by atomic mass is 9.95.